The van der Waals surface area contributed by atoms with Crippen LogP contribution in [0.15, 0.2) is 24.3 Å². The Hall–Kier alpha value is -1.22. The van der Waals surface area contributed by atoms with Crippen molar-refractivity contribution in [1.29, 1.82) is 0 Å². The Labute approximate surface area is 72.6 Å². The Kier molecular flexibility index (Phi) is 2.94. The molecule has 0 heterocycles. The Bertz CT molecular complexity index is 250. The number of hydrogen-bond acceptors (Lipinski definition) is 3. The monoisotopic (exact) mass is 166 g/mol. The summed E-state index contributed by atoms with van der Waals surface area (Å²) in [5.74, 6) is 0. The zero-order chi connectivity index (χ0) is 8.97. The summed E-state index contributed by atoms with van der Waals surface area (Å²) in [4.78, 5) is 2.05. The molecule has 1 aromatic carbocycles. The summed E-state index contributed by atoms with van der Waals surface area (Å²) >= 11 is 0. The first-order valence-electron chi connectivity index (χ1n) is 4.00. The molecule has 0 amide bonds. The van der Waals surface area contributed by atoms with Gasteiger partial charge in [0.25, 0.3) is 0 Å². The lowest BCUT2D eigenvalue weighted by atomic mass is 10.2. The van der Waals surface area contributed by atoms with Crippen LogP contribution in [0, 0.1) is 0 Å². The highest BCUT2D eigenvalue weighted by atomic mass is 16.5. The lowest BCUT2D eigenvalue weighted by Gasteiger charge is -2.19. The van der Waals surface area contributed by atoms with Gasteiger partial charge in [-0.2, -0.15) is 0 Å². The maximum absolute atomic E-state index is 8.79. The van der Waals surface area contributed by atoms with Crippen LogP contribution in [0.3, 0.4) is 0 Å². The molecule has 0 aliphatic carbocycles. The Morgan fingerprint density at radius 3 is 2.67 bits per heavy atom. The molecule has 1 rings (SSSR count). The zero-order valence-corrected chi connectivity index (χ0v) is 7.41. The Morgan fingerprint density at radius 1 is 1.42 bits per heavy atom. The first kappa shape index (κ1) is 8.87. The number of nitrogens with one attached hydrogen (secondary N) is 1. The van der Waals surface area contributed by atoms with Gasteiger partial charge in [-0.15, -0.1) is 0 Å². The summed E-state index contributed by atoms with van der Waals surface area (Å²) in [5.41, 5.74) is 3.91. The SMILES string of the molecule is CCN(C)c1ccccc1NO. The summed E-state index contributed by atoms with van der Waals surface area (Å²) in [6, 6.07) is 7.62. The molecule has 0 aliphatic rings. The maximum atomic E-state index is 8.79. The molecule has 0 saturated heterocycles. The second-order valence-corrected chi connectivity index (χ2v) is 2.64. The number of benzene rings is 1. The fourth-order valence-electron chi connectivity index (χ4n) is 1.07. The maximum Gasteiger partial charge on any atom is 0.0835 e. The van der Waals surface area contributed by atoms with Crippen molar-refractivity contribution in [2.24, 2.45) is 0 Å². The van der Waals surface area contributed by atoms with E-state index in [0.29, 0.717) is 0 Å². The summed E-state index contributed by atoms with van der Waals surface area (Å²) in [6.07, 6.45) is 0. The molecule has 0 saturated carbocycles. The van der Waals surface area contributed by atoms with E-state index in [1.807, 2.05) is 31.3 Å². The van der Waals surface area contributed by atoms with E-state index in [-0.39, 0.29) is 0 Å². The van der Waals surface area contributed by atoms with Crippen molar-refractivity contribution in [3.8, 4) is 0 Å². The van der Waals surface area contributed by atoms with Crippen LogP contribution in [0.25, 0.3) is 0 Å². The van der Waals surface area contributed by atoms with E-state index in [2.05, 4.69) is 17.3 Å². The summed E-state index contributed by atoms with van der Waals surface area (Å²) < 4.78 is 0. The van der Waals surface area contributed by atoms with E-state index in [0.717, 1.165) is 17.9 Å². The molecule has 0 fully saturated rings. The molecule has 66 valence electrons. The van der Waals surface area contributed by atoms with Gasteiger partial charge in [-0.3, -0.25) is 10.7 Å². The van der Waals surface area contributed by atoms with E-state index in [4.69, 9.17) is 5.21 Å². The quantitative estimate of drug-likeness (QED) is 0.673. The second-order valence-electron chi connectivity index (χ2n) is 2.64. The molecule has 12 heavy (non-hydrogen) atoms. The Balaban J connectivity index is 2.96. The highest BCUT2D eigenvalue weighted by Crippen LogP contribution is 2.23. The molecule has 0 spiro atoms. The van der Waals surface area contributed by atoms with E-state index in [1.165, 1.54) is 0 Å². The van der Waals surface area contributed by atoms with Gasteiger partial charge in [-0.05, 0) is 19.1 Å². The molecule has 0 unspecified atom stereocenters. The summed E-state index contributed by atoms with van der Waals surface area (Å²) in [5, 5.41) is 8.79. The third-order valence-electron chi connectivity index (χ3n) is 1.91. The number of rotatable bonds is 3. The highest BCUT2D eigenvalue weighted by molar-refractivity contribution is 5.68. The van der Waals surface area contributed by atoms with Crippen LogP contribution >= 0.6 is 0 Å². The normalized spacial score (nSPS) is 9.58. The molecule has 1 aromatic rings. The molecule has 2 N–H and O–H groups in total. The largest absolute Gasteiger partial charge is 0.373 e. The molecule has 0 bridgehead atoms. The molecular weight excluding hydrogens is 152 g/mol. The molecule has 3 nitrogen and oxygen atoms in total. The van der Waals surface area contributed by atoms with Crippen molar-refractivity contribution in [1.82, 2.24) is 0 Å². The van der Waals surface area contributed by atoms with Crippen LogP contribution in [-0.2, 0) is 0 Å². The first-order valence-corrected chi connectivity index (χ1v) is 4.00. The predicted molar refractivity (Wildman–Crippen MR) is 50.8 cm³/mol. The van der Waals surface area contributed by atoms with Crippen molar-refractivity contribution in [2.45, 2.75) is 6.92 Å². The molecule has 0 aromatic heterocycles. The van der Waals surface area contributed by atoms with Gasteiger partial charge in [0, 0.05) is 13.6 Å². The van der Waals surface area contributed by atoms with Gasteiger partial charge in [0.2, 0.25) is 0 Å². The van der Waals surface area contributed by atoms with Crippen LogP contribution < -0.4 is 10.4 Å². The van der Waals surface area contributed by atoms with Crippen LogP contribution in [-0.4, -0.2) is 18.8 Å². The van der Waals surface area contributed by atoms with Gasteiger partial charge in [0.05, 0.1) is 11.4 Å². The van der Waals surface area contributed by atoms with E-state index in [1.54, 1.807) is 0 Å². The van der Waals surface area contributed by atoms with Crippen molar-refractivity contribution < 1.29 is 5.21 Å². The molecule has 0 radical (unpaired) electrons. The van der Waals surface area contributed by atoms with Crippen molar-refractivity contribution in [2.75, 3.05) is 24.0 Å². The van der Waals surface area contributed by atoms with Gasteiger partial charge in [0.1, 0.15) is 0 Å². The fraction of sp³-hybridized carbons (Fsp3) is 0.333. The average Bonchev–Trinajstić information content (AvgIpc) is 2.16. The van der Waals surface area contributed by atoms with Crippen molar-refractivity contribution in [3.63, 3.8) is 0 Å². The average molecular weight is 166 g/mol. The van der Waals surface area contributed by atoms with Crippen molar-refractivity contribution >= 4 is 11.4 Å². The summed E-state index contributed by atoms with van der Waals surface area (Å²) in [6.45, 7) is 2.98. The Morgan fingerprint density at radius 2 is 2.08 bits per heavy atom. The minimum Gasteiger partial charge on any atom is -0.373 e. The standard InChI is InChI=1S/C9H14N2O/c1-3-11(2)9-7-5-4-6-8(9)10-12/h4-7,10,12H,3H2,1-2H3. The van der Waals surface area contributed by atoms with Gasteiger partial charge in [-0.25, -0.2) is 0 Å². The zero-order valence-electron chi connectivity index (χ0n) is 7.41. The first-order chi connectivity index (χ1) is 5.79. The summed E-state index contributed by atoms with van der Waals surface area (Å²) in [7, 11) is 1.98. The molecule has 0 aliphatic heterocycles. The topological polar surface area (TPSA) is 35.5 Å². The smallest absolute Gasteiger partial charge is 0.0835 e. The van der Waals surface area contributed by atoms with Crippen LogP contribution in [0.5, 0.6) is 0 Å². The fourth-order valence-corrected chi connectivity index (χ4v) is 1.07. The minimum atomic E-state index is 0.738. The third kappa shape index (κ3) is 1.68. The minimum absolute atomic E-state index is 0.738. The predicted octanol–water partition coefficient (Wildman–Crippen LogP) is 1.94. The third-order valence-corrected chi connectivity index (χ3v) is 1.91. The highest BCUT2D eigenvalue weighted by Gasteiger charge is 2.02. The number of nitrogens with zero attached hydrogens (tertiary/aromatic N) is 1. The lowest BCUT2D eigenvalue weighted by Crippen LogP contribution is -2.17. The van der Waals surface area contributed by atoms with Crippen LogP contribution in [0.4, 0.5) is 11.4 Å². The van der Waals surface area contributed by atoms with Crippen molar-refractivity contribution in [3.05, 3.63) is 24.3 Å². The lowest BCUT2D eigenvalue weighted by molar-refractivity contribution is 0.389. The van der Waals surface area contributed by atoms with Crippen LogP contribution in [0.2, 0.25) is 0 Å². The van der Waals surface area contributed by atoms with Crippen LogP contribution in [0.1, 0.15) is 6.92 Å². The van der Waals surface area contributed by atoms with E-state index < -0.39 is 0 Å². The van der Waals surface area contributed by atoms with Gasteiger partial charge >= 0.3 is 0 Å². The van der Waals surface area contributed by atoms with Gasteiger partial charge in [0.15, 0.2) is 0 Å². The van der Waals surface area contributed by atoms with E-state index in [9.17, 15) is 0 Å². The molecule has 0 atom stereocenters. The van der Waals surface area contributed by atoms with Gasteiger partial charge in [-0.1, -0.05) is 12.1 Å². The van der Waals surface area contributed by atoms with E-state index >= 15 is 0 Å². The molecular formula is C9H14N2O. The second kappa shape index (κ2) is 3.97. The van der Waals surface area contributed by atoms with Gasteiger partial charge < -0.3 is 4.90 Å². The number of anilines is 2. The number of para-hydroxylation sites is 2. The molecule has 3 heteroatoms. The number of hydrogen-bond donors (Lipinski definition) is 2.